The lowest BCUT2D eigenvalue weighted by Gasteiger charge is -2.25. The molecule has 2 aromatic carbocycles. The monoisotopic (exact) mass is 345 g/mol. The number of carbonyl (C=O) groups is 1. The molecule has 108 valence electrons. The van der Waals surface area contributed by atoms with Crippen LogP contribution in [0.15, 0.2) is 46.9 Å². The Bertz CT molecular complexity index is 684. The molecule has 0 atom stereocenters. The Balaban J connectivity index is 2.04. The van der Waals surface area contributed by atoms with Crippen LogP contribution in [0.25, 0.3) is 0 Å². The van der Waals surface area contributed by atoms with Crippen molar-refractivity contribution in [1.82, 2.24) is 0 Å². The van der Waals surface area contributed by atoms with Gasteiger partial charge in [-0.05, 0) is 65.0 Å². The van der Waals surface area contributed by atoms with Crippen molar-refractivity contribution >= 4 is 33.3 Å². The maximum Gasteiger partial charge on any atom is 0.336 e. The van der Waals surface area contributed by atoms with Gasteiger partial charge in [-0.25, -0.2) is 4.79 Å². The molecule has 0 saturated carbocycles. The molecule has 1 aliphatic heterocycles. The number of benzene rings is 2. The van der Waals surface area contributed by atoms with E-state index in [1.54, 1.807) is 6.07 Å². The number of carboxylic acids is 1. The quantitative estimate of drug-likeness (QED) is 0.863. The van der Waals surface area contributed by atoms with Crippen molar-refractivity contribution in [2.45, 2.75) is 19.3 Å². The molecule has 0 spiro atoms. The fourth-order valence-electron chi connectivity index (χ4n) is 2.80. The highest BCUT2D eigenvalue weighted by molar-refractivity contribution is 9.10. The van der Waals surface area contributed by atoms with Crippen LogP contribution in [0.1, 0.15) is 28.8 Å². The Morgan fingerprint density at radius 2 is 1.95 bits per heavy atom. The van der Waals surface area contributed by atoms with Crippen LogP contribution in [-0.4, -0.2) is 17.6 Å². The molecule has 4 heteroatoms. The molecule has 3 nitrogen and oxygen atoms in total. The second kappa shape index (κ2) is 5.90. The van der Waals surface area contributed by atoms with Gasteiger partial charge in [-0.2, -0.15) is 0 Å². The molecule has 0 unspecified atom stereocenters. The molecular formula is C17H16BrNO2. The van der Waals surface area contributed by atoms with Crippen molar-refractivity contribution in [3.05, 3.63) is 58.1 Å². The van der Waals surface area contributed by atoms with Crippen molar-refractivity contribution in [2.75, 3.05) is 11.4 Å². The van der Waals surface area contributed by atoms with Crippen molar-refractivity contribution in [1.29, 1.82) is 0 Å². The smallest absolute Gasteiger partial charge is 0.336 e. The summed E-state index contributed by atoms with van der Waals surface area (Å²) in [6, 6.07) is 13.9. The van der Waals surface area contributed by atoms with E-state index >= 15 is 0 Å². The van der Waals surface area contributed by atoms with Gasteiger partial charge in [0.05, 0.1) is 5.56 Å². The van der Waals surface area contributed by atoms with Gasteiger partial charge in [0.2, 0.25) is 0 Å². The predicted molar refractivity (Wildman–Crippen MR) is 87.5 cm³/mol. The summed E-state index contributed by atoms with van der Waals surface area (Å²) in [6.45, 7) is 0.954. The molecule has 0 fully saturated rings. The van der Waals surface area contributed by atoms with Gasteiger partial charge in [-0.3, -0.25) is 0 Å². The van der Waals surface area contributed by atoms with Crippen LogP contribution in [0, 0.1) is 0 Å². The largest absolute Gasteiger partial charge is 0.478 e. The zero-order valence-corrected chi connectivity index (χ0v) is 13.1. The molecule has 0 saturated heterocycles. The van der Waals surface area contributed by atoms with Crippen LogP contribution in [0.2, 0.25) is 0 Å². The molecule has 1 aliphatic rings. The van der Waals surface area contributed by atoms with E-state index in [1.165, 1.54) is 17.7 Å². The van der Waals surface area contributed by atoms with Crippen molar-refractivity contribution < 1.29 is 9.90 Å². The third kappa shape index (κ3) is 2.81. The number of nitrogens with zero attached hydrogens (tertiary/aromatic N) is 1. The number of para-hydroxylation sites is 1. The lowest BCUT2D eigenvalue weighted by molar-refractivity contribution is 0.0696. The number of fused-ring (bicyclic) bond motifs is 1. The highest BCUT2D eigenvalue weighted by atomic mass is 79.9. The van der Waals surface area contributed by atoms with Crippen LogP contribution >= 0.6 is 15.9 Å². The van der Waals surface area contributed by atoms with Crippen molar-refractivity contribution in [3.63, 3.8) is 0 Å². The fourth-order valence-corrected chi connectivity index (χ4v) is 3.34. The van der Waals surface area contributed by atoms with E-state index < -0.39 is 5.97 Å². The minimum atomic E-state index is -0.912. The average molecular weight is 346 g/mol. The van der Waals surface area contributed by atoms with Crippen LogP contribution in [0.4, 0.5) is 11.4 Å². The Hall–Kier alpha value is -1.81. The summed E-state index contributed by atoms with van der Waals surface area (Å²) in [6.07, 6.45) is 3.41. The number of rotatable bonds is 2. The summed E-state index contributed by atoms with van der Waals surface area (Å²) in [5.41, 5.74) is 3.90. The van der Waals surface area contributed by atoms with Crippen molar-refractivity contribution in [3.8, 4) is 0 Å². The van der Waals surface area contributed by atoms with Crippen LogP contribution in [-0.2, 0) is 6.42 Å². The molecule has 0 radical (unpaired) electrons. The third-order valence-corrected chi connectivity index (χ3v) is 4.51. The Kier molecular flexibility index (Phi) is 3.97. The summed E-state index contributed by atoms with van der Waals surface area (Å²) in [5, 5.41) is 9.13. The van der Waals surface area contributed by atoms with E-state index in [9.17, 15) is 4.79 Å². The summed E-state index contributed by atoms with van der Waals surface area (Å²) in [5.74, 6) is -0.912. The standard InChI is InChI=1S/C17H16BrNO2/c18-15-11-13(8-9-14(15)17(20)21)19-10-4-3-6-12-5-1-2-7-16(12)19/h1-2,5,7-9,11H,3-4,6,10H2,(H,20,21). The summed E-state index contributed by atoms with van der Waals surface area (Å²) >= 11 is 3.37. The highest BCUT2D eigenvalue weighted by Crippen LogP contribution is 2.34. The molecule has 0 amide bonds. The van der Waals surface area contributed by atoms with Gasteiger partial charge in [0, 0.05) is 22.4 Å². The van der Waals surface area contributed by atoms with Gasteiger partial charge < -0.3 is 10.0 Å². The molecular weight excluding hydrogens is 330 g/mol. The minimum Gasteiger partial charge on any atom is -0.478 e. The second-order valence-electron chi connectivity index (χ2n) is 5.21. The van der Waals surface area contributed by atoms with Gasteiger partial charge in [-0.15, -0.1) is 0 Å². The van der Waals surface area contributed by atoms with Crippen LogP contribution < -0.4 is 4.90 Å². The summed E-state index contributed by atoms with van der Waals surface area (Å²) < 4.78 is 0.620. The number of aromatic carboxylic acids is 1. The Labute approximate surface area is 132 Å². The van der Waals surface area contributed by atoms with E-state index in [4.69, 9.17) is 5.11 Å². The highest BCUT2D eigenvalue weighted by Gasteiger charge is 2.18. The van der Waals surface area contributed by atoms with Gasteiger partial charge in [0.1, 0.15) is 0 Å². The Morgan fingerprint density at radius 3 is 2.71 bits per heavy atom. The molecule has 0 bridgehead atoms. The lowest BCUT2D eigenvalue weighted by atomic mass is 10.1. The SMILES string of the molecule is O=C(O)c1ccc(N2CCCCc3ccccc32)cc1Br. The van der Waals surface area contributed by atoms with E-state index in [2.05, 4.69) is 45.1 Å². The van der Waals surface area contributed by atoms with E-state index in [1.807, 2.05) is 12.1 Å². The van der Waals surface area contributed by atoms with Crippen LogP contribution in [0.5, 0.6) is 0 Å². The van der Waals surface area contributed by atoms with Gasteiger partial charge in [0.15, 0.2) is 0 Å². The summed E-state index contributed by atoms with van der Waals surface area (Å²) in [7, 11) is 0. The van der Waals surface area contributed by atoms with Gasteiger partial charge in [0.25, 0.3) is 0 Å². The maximum absolute atomic E-state index is 11.1. The predicted octanol–water partition coefficient (Wildman–Crippen LogP) is 4.62. The number of halogens is 1. The lowest BCUT2D eigenvalue weighted by Crippen LogP contribution is -2.18. The fraction of sp³-hybridized carbons (Fsp3) is 0.235. The maximum atomic E-state index is 11.1. The minimum absolute atomic E-state index is 0.293. The van der Waals surface area contributed by atoms with Gasteiger partial charge in [-0.1, -0.05) is 18.2 Å². The average Bonchev–Trinajstić information content (AvgIpc) is 2.69. The normalized spacial score (nSPS) is 14.4. The van der Waals surface area contributed by atoms with Crippen LogP contribution in [0.3, 0.4) is 0 Å². The molecule has 21 heavy (non-hydrogen) atoms. The molecule has 1 heterocycles. The number of hydrogen-bond acceptors (Lipinski definition) is 2. The second-order valence-corrected chi connectivity index (χ2v) is 6.06. The topological polar surface area (TPSA) is 40.5 Å². The van der Waals surface area contributed by atoms with E-state index in [-0.39, 0.29) is 0 Å². The Morgan fingerprint density at radius 1 is 1.14 bits per heavy atom. The first-order valence-corrected chi connectivity index (χ1v) is 7.84. The molecule has 0 aromatic heterocycles. The van der Waals surface area contributed by atoms with Crippen molar-refractivity contribution in [2.24, 2.45) is 0 Å². The third-order valence-electron chi connectivity index (χ3n) is 3.85. The van der Waals surface area contributed by atoms with E-state index in [0.717, 1.165) is 25.1 Å². The molecule has 3 rings (SSSR count). The first kappa shape index (κ1) is 14.1. The molecule has 1 N–H and O–H groups in total. The molecule has 0 aliphatic carbocycles. The van der Waals surface area contributed by atoms with Gasteiger partial charge >= 0.3 is 5.97 Å². The van der Waals surface area contributed by atoms with E-state index in [0.29, 0.717) is 10.0 Å². The molecule has 2 aromatic rings. The first-order valence-electron chi connectivity index (χ1n) is 7.05. The number of aryl methyl sites for hydroxylation is 1. The number of carboxylic acid groups (broad SMARTS) is 1. The zero-order chi connectivity index (χ0) is 14.8. The first-order chi connectivity index (χ1) is 10.2. The number of anilines is 2. The zero-order valence-electron chi connectivity index (χ0n) is 11.6. The number of hydrogen-bond donors (Lipinski definition) is 1. The summed E-state index contributed by atoms with van der Waals surface area (Å²) in [4.78, 5) is 13.4.